The van der Waals surface area contributed by atoms with Crippen molar-refractivity contribution in [2.24, 2.45) is 0 Å². The van der Waals surface area contributed by atoms with Crippen LogP contribution >= 0.6 is 0 Å². The molecule has 0 aliphatic heterocycles. The normalized spacial score (nSPS) is 12.3. The summed E-state index contributed by atoms with van der Waals surface area (Å²) in [6.07, 6.45) is 5.61. The van der Waals surface area contributed by atoms with Crippen molar-refractivity contribution < 1.29 is 0 Å². The fraction of sp³-hybridized carbons (Fsp3) is 0.133. The molecule has 4 rings (SSSR count). The highest BCUT2D eigenvalue weighted by Crippen LogP contribution is 2.19. The average Bonchev–Trinajstić information content (AvgIpc) is 2.84. The van der Waals surface area contributed by atoms with Crippen molar-refractivity contribution in [1.29, 1.82) is 0 Å². The zero-order chi connectivity index (χ0) is 21.1. The second kappa shape index (κ2) is 11.1. The number of hydrogen-bond donors (Lipinski definition) is 0. The lowest BCUT2D eigenvalue weighted by molar-refractivity contribution is 0.210. The van der Waals surface area contributed by atoms with Crippen LogP contribution in [0.2, 0.25) is 0 Å². The zero-order valence-corrected chi connectivity index (χ0v) is 17.8. The molecule has 0 aliphatic rings. The van der Waals surface area contributed by atoms with E-state index in [2.05, 4.69) is 138 Å². The van der Waals surface area contributed by atoms with E-state index in [0.29, 0.717) is 0 Å². The highest BCUT2D eigenvalue weighted by atomic mass is 15.1. The topological polar surface area (TPSA) is 3.24 Å². The summed E-state index contributed by atoms with van der Waals surface area (Å²) >= 11 is 0. The van der Waals surface area contributed by atoms with Gasteiger partial charge in [-0.2, -0.15) is 0 Å². The first kappa shape index (κ1) is 20.8. The van der Waals surface area contributed by atoms with E-state index < -0.39 is 0 Å². The van der Waals surface area contributed by atoms with Crippen LogP contribution in [0.5, 0.6) is 0 Å². The lowest BCUT2D eigenvalue weighted by Crippen LogP contribution is -2.34. The van der Waals surface area contributed by atoms with Crippen LogP contribution in [0.3, 0.4) is 0 Å². The molecule has 1 heteroatoms. The van der Waals surface area contributed by atoms with E-state index >= 15 is 0 Å². The average molecular weight is 404 g/mol. The number of hydrogen-bond acceptors (Lipinski definition) is 1. The molecular formula is C30H29N. The molecule has 1 unspecified atom stereocenters. The Morgan fingerprint density at radius 1 is 0.516 bits per heavy atom. The zero-order valence-electron chi connectivity index (χ0n) is 17.8. The van der Waals surface area contributed by atoms with E-state index in [1.54, 1.807) is 0 Å². The standard InChI is InChI=1S/C30H29N/c1-5-13-26(14-6-1)21-22-30(23-27-15-7-2-8-16-27)31(24-28-17-9-3-10-18-28)25-29-19-11-4-12-20-29/h1-22,30H,23-25H2/b22-21-. The molecule has 0 radical (unpaired) electrons. The molecule has 154 valence electrons. The number of rotatable bonds is 9. The van der Waals surface area contributed by atoms with Gasteiger partial charge in [-0.1, -0.05) is 133 Å². The fourth-order valence-corrected chi connectivity index (χ4v) is 3.89. The molecule has 0 bridgehead atoms. The van der Waals surface area contributed by atoms with Crippen molar-refractivity contribution in [3.05, 3.63) is 150 Å². The third-order valence-corrected chi connectivity index (χ3v) is 5.52. The van der Waals surface area contributed by atoms with Crippen LogP contribution in [0, 0.1) is 0 Å². The molecule has 4 aromatic rings. The molecule has 0 saturated carbocycles. The summed E-state index contributed by atoms with van der Waals surface area (Å²) in [7, 11) is 0. The summed E-state index contributed by atoms with van der Waals surface area (Å²) in [5.41, 5.74) is 5.27. The molecule has 0 heterocycles. The van der Waals surface area contributed by atoms with E-state index in [1.807, 2.05) is 0 Å². The number of benzene rings is 4. The van der Waals surface area contributed by atoms with E-state index in [4.69, 9.17) is 0 Å². The van der Waals surface area contributed by atoms with Gasteiger partial charge in [0.25, 0.3) is 0 Å². The molecular weight excluding hydrogens is 374 g/mol. The maximum absolute atomic E-state index is 2.58. The molecule has 4 aromatic carbocycles. The molecule has 0 aromatic heterocycles. The Hall–Kier alpha value is -3.42. The van der Waals surface area contributed by atoms with E-state index in [-0.39, 0.29) is 6.04 Å². The maximum atomic E-state index is 2.58. The third-order valence-electron chi connectivity index (χ3n) is 5.52. The van der Waals surface area contributed by atoms with E-state index in [0.717, 1.165) is 19.5 Å². The Kier molecular flexibility index (Phi) is 7.46. The highest BCUT2D eigenvalue weighted by Gasteiger charge is 2.18. The summed E-state index contributed by atoms with van der Waals surface area (Å²) in [4.78, 5) is 2.58. The smallest absolute Gasteiger partial charge is 0.0328 e. The monoisotopic (exact) mass is 403 g/mol. The summed E-state index contributed by atoms with van der Waals surface area (Å²) in [5.74, 6) is 0. The quantitative estimate of drug-likeness (QED) is 0.290. The Morgan fingerprint density at radius 3 is 1.42 bits per heavy atom. The molecule has 1 atom stereocenters. The summed E-state index contributed by atoms with van der Waals surface area (Å²) in [5, 5.41) is 0. The van der Waals surface area contributed by atoms with Gasteiger partial charge < -0.3 is 0 Å². The van der Waals surface area contributed by atoms with Gasteiger partial charge >= 0.3 is 0 Å². The first-order chi connectivity index (χ1) is 15.4. The minimum absolute atomic E-state index is 0.281. The fourth-order valence-electron chi connectivity index (χ4n) is 3.89. The van der Waals surface area contributed by atoms with Crippen molar-refractivity contribution in [2.45, 2.75) is 25.6 Å². The molecule has 31 heavy (non-hydrogen) atoms. The van der Waals surface area contributed by atoms with Gasteiger partial charge in [0.1, 0.15) is 0 Å². The van der Waals surface area contributed by atoms with Gasteiger partial charge in [-0.15, -0.1) is 0 Å². The SMILES string of the molecule is C(=C/C(Cc1ccccc1)N(Cc1ccccc1)Cc1ccccc1)/c1ccccc1. The van der Waals surface area contributed by atoms with Crippen molar-refractivity contribution in [3.63, 3.8) is 0 Å². The van der Waals surface area contributed by atoms with Gasteiger partial charge in [0, 0.05) is 19.1 Å². The van der Waals surface area contributed by atoms with Crippen LogP contribution in [0.4, 0.5) is 0 Å². The van der Waals surface area contributed by atoms with Crippen LogP contribution < -0.4 is 0 Å². The Balaban J connectivity index is 1.65. The van der Waals surface area contributed by atoms with Crippen LogP contribution in [0.15, 0.2) is 127 Å². The largest absolute Gasteiger partial charge is 0.288 e. The van der Waals surface area contributed by atoms with Crippen LogP contribution in [-0.2, 0) is 19.5 Å². The second-order valence-electron chi connectivity index (χ2n) is 7.90. The lowest BCUT2D eigenvalue weighted by atomic mass is 10.0. The van der Waals surface area contributed by atoms with Gasteiger partial charge in [0.05, 0.1) is 0 Å². The first-order valence-corrected chi connectivity index (χ1v) is 11.0. The van der Waals surface area contributed by atoms with E-state index in [9.17, 15) is 0 Å². The summed E-state index contributed by atoms with van der Waals surface area (Å²) < 4.78 is 0. The summed E-state index contributed by atoms with van der Waals surface area (Å²) in [6, 6.07) is 43.2. The Labute approximate surface area is 186 Å². The van der Waals surface area contributed by atoms with Crippen molar-refractivity contribution in [3.8, 4) is 0 Å². The number of nitrogens with zero attached hydrogens (tertiary/aromatic N) is 1. The molecule has 0 aliphatic carbocycles. The predicted molar refractivity (Wildman–Crippen MR) is 132 cm³/mol. The van der Waals surface area contributed by atoms with E-state index in [1.165, 1.54) is 22.3 Å². The third kappa shape index (κ3) is 6.53. The van der Waals surface area contributed by atoms with Gasteiger partial charge in [0.15, 0.2) is 0 Å². The Bertz CT molecular complexity index is 999. The molecule has 0 N–H and O–H groups in total. The van der Waals surface area contributed by atoms with Crippen molar-refractivity contribution >= 4 is 6.08 Å². The van der Waals surface area contributed by atoms with Crippen molar-refractivity contribution in [2.75, 3.05) is 0 Å². The van der Waals surface area contributed by atoms with Gasteiger partial charge in [-0.3, -0.25) is 4.90 Å². The molecule has 0 saturated heterocycles. The predicted octanol–water partition coefficient (Wildman–Crippen LogP) is 7.01. The lowest BCUT2D eigenvalue weighted by Gasteiger charge is -2.30. The van der Waals surface area contributed by atoms with Crippen LogP contribution in [0.25, 0.3) is 6.08 Å². The highest BCUT2D eigenvalue weighted by molar-refractivity contribution is 5.49. The minimum atomic E-state index is 0.281. The van der Waals surface area contributed by atoms with Crippen LogP contribution in [-0.4, -0.2) is 10.9 Å². The Morgan fingerprint density at radius 2 is 0.935 bits per heavy atom. The molecule has 0 spiro atoms. The first-order valence-electron chi connectivity index (χ1n) is 11.0. The summed E-state index contributed by atoms with van der Waals surface area (Å²) in [6.45, 7) is 1.82. The van der Waals surface area contributed by atoms with Gasteiger partial charge in [-0.05, 0) is 28.7 Å². The van der Waals surface area contributed by atoms with Crippen LogP contribution in [0.1, 0.15) is 22.3 Å². The van der Waals surface area contributed by atoms with Crippen molar-refractivity contribution in [1.82, 2.24) is 4.90 Å². The molecule has 1 nitrogen and oxygen atoms in total. The maximum Gasteiger partial charge on any atom is 0.0328 e. The van der Waals surface area contributed by atoms with Gasteiger partial charge in [-0.25, -0.2) is 0 Å². The van der Waals surface area contributed by atoms with Gasteiger partial charge in [0.2, 0.25) is 0 Å². The second-order valence-corrected chi connectivity index (χ2v) is 7.90. The minimum Gasteiger partial charge on any atom is -0.288 e. The molecule has 0 fully saturated rings. The molecule has 0 amide bonds.